The van der Waals surface area contributed by atoms with Crippen LogP contribution in [-0.2, 0) is 6.54 Å². The summed E-state index contributed by atoms with van der Waals surface area (Å²) in [6, 6.07) is 1.66. The lowest BCUT2D eigenvalue weighted by molar-refractivity contribution is 0.472. The molecule has 0 radical (unpaired) electrons. The number of aliphatic imine (C=N–C) groups is 1. The number of halogens is 3. The third-order valence-corrected chi connectivity index (χ3v) is 4.46. The fourth-order valence-corrected chi connectivity index (χ4v) is 3.13. The van der Waals surface area contributed by atoms with Crippen molar-refractivity contribution >= 4 is 70.3 Å². The summed E-state index contributed by atoms with van der Waals surface area (Å²) < 4.78 is 0. The van der Waals surface area contributed by atoms with Gasteiger partial charge in [-0.25, -0.2) is 9.97 Å². The second-order valence-electron chi connectivity index (χ2n) is 5.10. The quantitative estimate of drug-likeness (QED) is 0.265. The predicted molar refractivity (Wildman–Crippen MR) is 118 cm³/mol. The van der Waals surface area contributed by atoms with Gasteiger partial charge in [0.2, 0.25) is 0 Å². The number of pyridine rings is 1. The number of hydrogen-bond donors (Lipinski definition) is 2. The first-order chi connectivity index (χ1) is 11.5. The molecule has 0 atom stereocenters. The number of anilines is 1. The Balaban J connectivity index is 0.00000312. The molecule has 25 heavy (non-hydrogen) atoms. The van der Waals surface area contributed by atoms with Crippen molar-refractivity contribution in [2.24, 2.45) is 4.99 Å². The van der Waals surface area contributed by atoms with E-state index in [2.05, 4.69) is 31.0 Å². The van der Waals surface area contributed by atoms with Crippen LogP contribution in [0, 0.1) is 6.92 Å². The highest BCUT2D eigenvalue weighted by Crippen LogP contribution is 2.22. The van der Waals surface area contributed by atoms with Gasteiger partial charge in [0.1, 0.15) is 5.82 Å². The van der Waals surface area contributed by atoms with Gasteiger partial charge in [0.15, 0.2) is 5.96 Å². The van der Waals surface area contributed by atoms with E-state index < -0.39 is 0 Å². The zero-order valence-corrected chi connectivity index (χ0v) is 18.9. The highest BCUT2D eigenvalue weighted by atomic mass is 127. The van der Waals surface area contributed by atoms with Crippen molar-refractivity contribution in [1.82, 2.24) is 20.2 Å². The van der Waals surface area contributed by atoms with Gasteiger partial charge in [-0.05, 0) is 13.0 Å². The zero-order chi connectivity index (χ0) is 17.5. The molecular formula is C15H21Cl2IN6S. The summed E-state index contributed by atoms with van der Waals surface area (Å²) in [5.41, 5.74) is 1.04. The van der Waals surface area contributed by atoms with Crippen LogP contribution >= 0.6 is 58.5 Å². The van der Waals surface area contributed by atoms with Crippen molar-refractivity contribution in [2.75, 3.05) is 32.5 Å². The zero-order valence-electron chi connectivity index (χ0n) is 14.2. The lowest BCUT2D eigenvalue weighted by Gasteiger charge is -2.21. The predicted octanol–water partition coefficient (Wildman–Crippen LogP) is 3.89. The van der Waals surface area contributed by atoms with Gasteiger partial charge in [-0.15, -0.1) is 35.3 Å². The van der Waals surface area contributed by atoms with E-state index in [-0.39, 0.29) is 24.0 Å². The number of nitrogens with one attached hydrogen (secondary N) is 2. The first-order valence-electron chi connectivity index (χ1n) is 7.37. The molecule has 138 valence electrons. The van der Waals surface area contributed by atoms with Crippen molar-refractivity contribution in [3.8, 4) is 0 Å². The van der Waals surface area contributed by atoms with Crippen LogP contribution in [0.5, 0.6) is 0 Å². The Hall–Kier alpha value is -0.840. The topological polar surface area (TPSA) is 65.4 Å². The van der Waals surface area contributed by atoms with Crippen LogP contribution < -0.4 is 10.6 Å². The molecule has 0 aliphatic rings. The molecule has 0 saturated heterocycles. The van der Waals surface area contributed by atoms with Crippen LogP contribution in [0.2, 0.25) is 10.0 Å². The van der Waals surface area contributed by atoms with Gasteiger partial charge in [-0.3, -0.25) is 4.99 Å². The molecule has 0 bridgehead atoms. The molecule has 0 unspecified atom stereocenters. The molecule has 2 aromatic rings. The fraction of sp³-hybridized carbons (Fsp3) is 0.400. The summed E-state index contributed by atoms with van der Waals surface area (Å²) in [5.74, 6) is 1.42. The SMILES string of the molecule is CN=C(NCCNc1ncc(Cl)cc1Cl)N(C)Cc1csc(C)n1.I. The van der Waals surface area contributed by atoms with Crippen LogP contribution in [-0.4, -0.2) is 48.0 Å². The number of guanidine groups is 1. The molecule has 0 spiro atoms. The standard InChI is InChI=1S/C15H20Cl2N6S.HI/c1-10-22-12(9-24-10)8-23(3)15(18-2)20-5-4-19-14-13(17)6-11(16)7-21-14;/h6-7,9H,4-5,8H2,1-3H3,(H,18,20)(H,19,21);1H. The summed E-state index contributed by atoms with van der Waals surface area (Å²) in [6.45, 7) is 4.04. The van der Waals surface area contributed by atoms with Gasteiger partial charge in [0.05, 0.1) is 27.3 Å². The fourth-order valence-electron chi connectivity index (χ4n) is 2.08. The minimum absolute atomic E-state index is 0. The van der Waals surface area contributed by atoms with Gasteiger partial charge in [-0.1, -0.05) is 23.2 Å². The molecule has 0 saturated carbocycles. The molecule has 2 heterocycles. The van der Waals surface area contributed by atoms with Crippen molar-refractivity contribution < 1.29 is 0 Å². The number of thiazole rings is 1. The lowest BCUT2D eigenvalue weighted by Crippen LogP contribution is -2.40. The van der Waals surface area contributed by atoms with Gasteiger partial charge < -0.3 is 15.5 Å². The molecule has 2 N–H and O–H groups in total. The van der Waals surface area contributed by atoms with E-state index in [0.29, 0.717) is 35.5 Å². The van der Waals surface area contributed by atoms with E-state index in [9.17, 15) is 0 Å². The number of nitrogens with zero attached hydrogens (tertiary/aromatic N) is 4. The second kappa shape index (κ2) is 11.0. The van der Waals surface area contributed by atoms with E-state index in [1.807, 2.05) is 18.9 Å². The van der Waals surface area contributed by atoms with Crippen LogP contribution in [0.1, 0.15) is 10.7 Å². The summed E-state index contributed by atoms with van der Waals surface area (Å²) in [6.07, 6.45) is 1.56. The molecule has 0 amide bonds. The van der Waals surface area contributed by atoms with E-state index in [1.165, 1.54) is 0 Å². The minimum Gasteiger partial charge on any atom is -0.367 e. The largest absolute Gasteiger partial charge is 0.367 e. The van der Waals surface area contributed by atoms with E-state index in [1.54, 1.807) is 30.6 Å². The molecular weight excluding hydrogens is 494 g/mol. The summed E-state index contributed by atoms with van der Waals surface area (Å²) in [4.78, 5) is 14.9. The molecule has 0 aliphatic heterocycles. The first-order valence-corrected chi connectivity index (χ1v) is 9.01. The second-order valence-corrected chi connectivity index (χ2v) is 7.00. The molecule has 2 rings (SSSR count). The monoisotopic (exact) mass is 514 g/mol. The third kappa shape index (κ3) is 7.12. The minimum atomic E-state index is 0. The highest BCUT2D eigenvalue weighted by Gasteiger charge is 2.08. The van der Waals surface area contributed by atoms with Crippen molar-refractivity contribution in [1.29, 1.82) is 0 Å². The lowest BCUT2D eigenvalue weighted by atomic mass is 10.4. The molecule has 0 fully saturated rings. The van der Waals surface area contributed by atoms with E-state index >= 15 is 0 Å². The molecule has 6 nitrogen and oxygen atoms in total. The Morgan fingerprint density at radius 3 is 2.72 bits per heavy atom. The van der Waals surface area contributed by atoms with Crippen molar-refractivity contribution in [3.63, 3.8) is 0 Å². The summed E-state index contributed by atoms with van der Waals surface area (Å²) in [7, 11) is 3.74. The summed E-state index contributed by atoms with van der Waals surface area (Å²) in [5, 5.41) is 10.6. The van der Waals surface area contributed by atoms with Crippen LogP contribution in [0.15, 0.2) is 22.6 Å². The third-order valence-electron chi connectivity index (χ3n) is 3.15. The Labute approximate surface area is 179 Å². The normalized spacial score (nSPS) is 11.0. The van der Waals surface area contributed by atoms with Crippen LogP contribution in [0.3, 0.4) is 0 Å². The highest BCUT2D eigenvalue weighted by molar-refractivity contribution is 14.0. The maximum Gasteiger partial charge on any atom is 0.193 e. The Morgan fingerprint density at radius 1 is 1.36 bits per heavy atom. The molecule has 0 aliphatic carbocycles. The Kier molecular flexibility index (Phi) is 9.77. The number of aryl methyl sites for hydroxylation is 1. The van der Waals surface area contributed by atoms with Gasteiger partial charge in [0, 0.05) is 38.8 Å². The molecule has 2 aromatic heterocycles. The average Bonchev–Trinajstić information content (AvgIpc) is 2.94. The Bertz CT molecular complexity index is 709. The number of aromatic nitrogens is 2. The summed E-state index contributed by atoms with van der Waals surface area (Å²) >= 11 is 13.6. The average molecular weight is 515 g/mol. The van der Waals surface area contributed by atoms with Crippen molar-refractivity contribution in [2.45, 2.75) is 13.5 Å². The van der Waals surface area contributed by atoms with Crippen LogP contribution in [0.4, 0.5) is 5.82 Å². The molecule has 10 heteroatoms. The maximum absolute atomic E-state index is 6.07. The molecule has 0 aromatic carbocycles. The van der Waals surface area contributed by atoms with Crippen molar-refractivity contribution in [3.05, 3.63) is 38.4 Å². The number of hydrogen-bond acceptors (Lipinski definition) is 5. The Morgan fingerprint density at radius 2 is 2.12 bits per heavy atom. The first kappa shape index (κ1) is 22.2. The van der Waals surface area contributed by atoms with Gasteiger partial charge >= 0.3 is 0 Å². The van der Waals surface area contributed by atoms with E-state index in [0.717, 1.165) is 16.7 Å². The van der Waals surface area contributed by atoms with E-state index in [4.69, 9.17) is 23.2 Å². The van der Waals surface area contributed by atoms with Crippen LogP contribution in [0.25, 0.3) is 0 Å². The maximum atomic E-state index is 6.07. The smallest absolute Gasteiger partial charge is 0.193 e. The van der Waals surface area contributed by atoms with Gasteiger partial charge in [0.25, 0.3) is 0 Å². The number of rotatable bonds is 6. The van der Waals surface area contributed by atoms with Gasteiger partial charge in [-0.2, -0.15) is 0 Å².